The first-order valence-corrected chi connectivity index (χ1v) is 18.2. The molecule has 2 heterocycles. The Bertz CT molecular complexity index is 1280. The summed E-state index contributed by atoms with van der Waals surface area (Å²) in [6.07, 6.45) is 1.28. The molecule has 0 radical (unpaired) electrons. The number of nitrogens with one attached hydrogen (secondary N) is 1. The summed E-state index contributed by atoms with van der Waals surface area (Å²) in [5.74, 6) is 1.61. The molecule has 1 aliphatic heterocycles. The maximum atomic E-state index is 12.8. The maximum absolute atomic E-state index is 12.8. The molecule has 0 bridgehead atoms. The fraction of sp³-hybridized carbons (Fsp3) is 0.667. The van der Waals surface area contributed by atoms with Crippen molar-refractivity contribution in [3.63, 3.8) is 0 Å². The standard InChI is InChI=1S/C33H52N5O8S/c1-21(40)24(17-28(42)27(35-2)6-4-5-14-34)13-15-47(3)20-23-9-7-22(8-10-23)16-26(41)12-11-25-18-38(37-36-25)33-32(45)31(44)30(43)29(19-39)46-33/h7-10,18,24,27,29-33,35,39,43-45H,4-6,11-17,19-20,34H2,1-3H3/q+1/t24-,27+,29?,30-,31+,32?,33-,47?/m1/s1. The Balaban J connectivity index is 1.43. The number of unbranched alkanes of at least 4 members (excludes halogenated alkanes) is 1. The molecule has 0 spiro atoms. The van der Waals surface area contributed by atoms with Crippen LogP contribution in [0, 0.1) is 5.92 Å². The molecule has 1 fully saturated rings. The second-order valence-corrected chi connectivity index (χ2v) is 14.7. The minimum Gasteiger partial charge on any atom is -0.394 e. The predicted molar refractivity (Wildman–Crippen MR) is 179 cm³/mol. The number of ether oxygens (including phenoxy) is 1. The zero-order valence-corrected chi connectivity index (χ0v) is 28.5. The Morgan fingerprint density at radius 1 is 1.06 bits per heavy atom. The number of hydrogen-bond acceptors (Lipinski definition) is 12. The lowest BCUT2D eigenvalue weighted by molar-refractivity contribution is -0.254. The van der Waals surface area contributed by atoms with E-state index in [-0.39, 0.29) is 59.5 Å². The van der Waals surface area contributed by atoms with Crippen molar-refractivity contribution in [2.75, 3.05) is 32.2 Å². The van der Waals surface area contributed by atoms with E-state index < -0.39 is 37.3 Å². The first-order chi connectivity index (χ1) is 22.5. The fourth-order valence-corrected chi connectivity index (χ4v) is 7.28. The molecule has 2 aromatic rings. The first-order valence-electron chi connectivity index (χ1n) is 16.3. The second-order valence-electron chi connectivity index (χ2n) is 12.5. The summed E-state index contributed by atoms with van der Waals surface area (Å²) in [5.41, 5.74) is 8.13. The van der Waals surface area contributed by atoms with Crippen LogP contribution in [0.15, 0.2) is 30.5 Å². The third-order valence-corrected chi connectivity index (χ3v) is 10.5. The van der Waals surface area contributed by atoms with Gasteiger partial charge in [0.25, 0.3) is 0 Å². The molecule has 3 rings (SSSR count). The molecule has 1 aliphatic rings. The molecule has 0 saturated carbocycles. The van der Waals surface area contributed by atoms with Crippen molar-refractivity contribution >= 4 is 28.2 Å². The van der Waals surface area contributed by atoms with Crippen molar-refractivity contribution in [1.29, 1.82) is 0 Å². The van der Waals surface area contributed by atoms with Gasteiger partial charge in [-0.15, -0.1) is 5.10 Å². The lowest BCUT2D eigenvalue weighted by Crippen LogP contribution is -2.56. The van der Waals surface area contributed by atoms with Crippen LogP contribution >= 0.6 is 0 Å². The van der Waals surface area contributed by atoms with E-state index in [4.69, 9.17) is 10.5 Å². The van der Waals surface area contributed by atoms with E-state index >= 15 is 0 Å². The van der Waals surface area contributed by atoms with Gasteiger partial charge >= 0.3 is 0 Å². The van der Waals surface area contributed by atoms with Crippen molar-refractivity contribution in [3.8, 4) is 0 Å². The summed E-state index contributed by atoms with van der Waals surface area (Å²) >= 11 is 0. The SMILES string of the molecule is CN[C@@H](CCCCN)C(=O)C[C@@H](CC[S+](C)Cc1ccc(CC(=O)CCc2cn([C@@H]3OC(CO)[C@@H](O)[C@H](O)C3O)nn2)cc1)C(C)=O. The van der Waals surface area contributed by atoms with E-state index in [9.17, 15) is 34.8 Å². The van der Waals surface area contributed by atoms with E-state index in [1.54, 1.807) is 14.0 Å². The maximum Gasteiger partial charge on any atom is 0.180 e. The number of ketones is 3. The predicted octanol–water partition coefficient (Wildman–Crippen LogP) is 0.0145. The number of aryl methyl sites for hydroxylation is 1. The van der Waals surface area contributed by atoms with Crippen LogP contribution in [0.3, 0.4) is 0 Å². The lowest BCUT2D eigenvalue weighted by Gasteiger charge is -2.39. The monoisotopic (exact) mass is 678 g/mol. The van der Waals surface area contributed by atoms with E-state index in [1.165, 1.54) is 10.9 Å². The Morgan fingerprint density at radius 2 is 1.77 bits per heavy atom. The fourth-order valence-electron chi connectivity index (χ4n) is 5.68. The highest BCUT2D eigenvalue weighted by Gasteiger charge is 2.44. The summed E-state index contributed by atoms with van der Waals surface area (Å²) < 4.78 is 6.71. The van der Waals surface area contributed by atoms with Gasteiger partial charge in [-0.2, -0.15) is 0 Å². The van der Waals surface area contributed by atoms with Crippen LogP contribution in [0.1, 0.15) is 68.5 Å². The zero-order valence-electron chi connectivity index (χ0n) is 27.7. The van der Waals surface area contributed by atoms with Gasteiger partial charge < -0.3 is 36.2 Å². The molecule has 1 saturated heterocycles. The molecule has 0 amide bonds. The number of aliphatic hydroxyl groups excluding tert-OH is 4. The molecule has 14 heteroatoms. The van der Waals surface area contributed by atoms with E-state index in [2.05, 4.69) is 21.9 Å². The molecular formula is C33H52N5O8S+. The van der Waals surface area contributed by atoms with Crippen LogP contribution in [-0.4, -0.2) is 115 Å². The van der Waals surface area contributed by atoms with Gasteiger partial charge in [-0.25, -0.2) is 4.68 Å². The number of carbonyl (C=O) groups is 3. The van der Waals surface area contributed by atoms with E-state index in [0.717, 1.165) is 41.9 Å². The van der Waals surface area contributed by atoms with Crippen LogP contribution < -0.4 is 11.1 Å². The number of nitrogens with two attached hydrogens (primary N) is 1. The third kappa shape index (κ3) is 11.8. The van der Waals surface area contributed by atoms with E-state index in [1.807, 2.05) is 24.3 Å². The van der Waals surface area contributed by atoms with Gasteiger partial charge in [-0.1, -0.05) is 35.9 Å². The highest BCUT2D eigenvalue weighted by atomic mass is 32.2. The van der Waals surface area contributed by atoms with Crippen LogP contribution in [0.4, 0.5) is 0 Å². The zero-order chi connectivity index (χ0) is 34.5. The summed E-state index contributed by atoms with van der Waals surface area (Å²) in [5, 5.41) is 50.8. The van der Waals surface area contributed by atoms with Crippen molar-refractivity contribution in [2.24, 2.45) is 11.7 Å². The molecule has 3 unspecified atom stereocenters. The molecule has 1 aromatic heterocycles. The van der Waals surface area contributed by atoms with Crippen molar-refractivity contribution < 1.29 is 39.5 Å². The minimum absolute atomic E-state index is 0.0199. The smallest absolute Gasteiger partial charge is 0.180 e. The number of Topliss-reactive ketones (excluding diaryl/α,β-unsaturated/α-hetero) is 3. The molecule has 0 aliphatic carbocycles. The van der Waals surface area contributed by atoms with Gasteiger partial charge in [-0.05, 0) is 49.8 Å². The lowest BCUT2D eigenvalue weighted by atomic mass is 9.91. The number of likely N-dealkylation sites (N-methyl/N-ethyl adjacent to an activating group) is 1. The van der Waals surface area contributed by atoms with Crippen molar-refractivity contribution in [2.45, 2.75) is 101 Å². The highest BCUT2D eigenvalue weighted by molar-refractivity contribution is 7.95. The van der Waals surface area contributed by atoms with Crippen LogP contribution in [0.5, 0.6) is 0 Å². The summed E-state index contributed by atoms with van der Waals surface area (Å²) in [6, 6.07) is 7.74. The minimum atomic E-state index is -1.52. The van der Waals surface area contributed by atoms with Gasteiger partial charge in [0.05, 0.1) is 30.8 Å². The number of rotatable bonds is 21. The summed E-state index contributed by atoms with van der Waals surface area (Å²) in [6.45, 7) is 1.63. The quantitative estimate of drug-likeness (QED) is 0.0762. The van der Waals surface area contributed by atoms with Crippen LogP contribution in [0.2, 0.25) is 0 Å². The van der Waals surface area contributed by atoms with Crippen LogP contribution in [0.25, 0.3) is 0 Å². The summed E-state index contributed by atoms with van der Waals surface area (Å²) in [4.78, 5) is 37.9. The third-order valence-electron chi connectivity index (χ3n) is 8.70. The molecular weight excluding hydrogens is 626 g/mol. The molecule has 47 heavy (non-hydrogen) atoms. The Labute approximate surface area is 279 Å². The van der Waals surface area contributed by atoms with Gasteiger partial charge in [0, 0.05) is 43.6 Å². The first kappa shape index (κ1) is 38.9. The second kappa shape index (κ2) is 19.4. The Morgan fingerprint density at radius 3 is 2.40 bits per heavy atom. The number of aliphatic hydroxyl groups is 4. The van der Waals surface area contributed by atoms with Gasteiger partial charge in [0.15, 0.2) is 6.23 Å². The summed E-state index contributed by atoms with van der Waals surface area (Å²) in [7, 11) is 1.80. The largest absolute Gasteiger partial charge is 0.394 e. The van der Waals surface area contributed by atoms with Crippen molar-refractivity contribution in [1.82, 2.24) is 20.3 Å². The van der Waals surface area contributed by atoms with Crippen LogP contribution in [-0.2, 0) is 48.6 Å². The number of hydrogen-bond donors (Lipinski definition) is 6. The van der Waals surface area contributed by atoms with Crippen molar-refractivity contribution in [3.05, 3.63) is 47.3 Å². The molecule has 8 atom stereocenters. The number of carbonyl (C=O) groups excluding carboxylic acids is 3. The topological polar surface area (TPSA) is 210 Å². The number of nitrogens with zero attached hydrogens (tertiary/aromatic N) is 3. The highest BCUT2D eigenvalue weighted by Crippen LogP contribution is 2.28. The average Bonchev–Trinajstić information content (AvgIpc) is 3.52. The van der Waals surface area contributed by atoms with Gasteiger partial charge in [0.2, 0.25) is 0 Å². The molecule has 1 aromatic carbocycles. The normalized spacial score (nSPS) is 23.3. The average molecular weight is 679 g/mol. The van der Waals surface area contributed by atoms with Gasteiger partial charge in [0.1, 0.15) is 53.3 Å². The van der Waals surface area contributed by atoms with Gasteiger partial charge in [-0.3, -0.25) is 14.4 Å². The molecule has 262 valence electrons. The number of aromatic nitrogens is 3. The molecule has 7 N–H and O–H groups in total. The molecule has 13 nitrogen and oxygen atoms in total. The van der Waals surface area contributed by atoms with E-state index in [0.29, 0.717) is 25.1 Å². The number of benzene rings is 1. The Hall–Kier alpha value is -2.56. The Kier molecular flexibility index (Phi) is 16.1.